The second kappa shape index (κ2) is 5.83. The average Bonchev–Trinajstić information content (AvgIpc) is 3.18. The van der Waals surface area contributed by atoms with E-state index in [1.54, 1.807) is 14.1 Å². The zero-order chi connectivity index (χ0) is 17.4. The van der Waals surface area contributed by atoms with Crippen LogP contribution in [0.4, 0.5) is 8.78 Å². The van der Waals surface area contributed by atoms with E-state index < -0.39 is 12.4 Å². The number of carbonyl (C=O) groups is 1. The third-order valence-corrected chi connectivity index (χ3v) is 3.38. The number of halogens is 2. The largest absolute Gasteiger partial charge is 0.476 e. The molecule has 0 aliphatic rings. The van der Waals surface area contributed by atoms with Crippen LogP contribution in [0.5, 0.6) is 0 Å². The van der Waals surface area contributed by atoms with Crippen molar-refractivity contribution < 1.29 is 18.7 Å². The SMILES string of the molecule is Cn1cc(Cn2cc(-c3cc(C(=O)O)nn3C)nn2)c(C(F)F)n1. The molecule has 0 amide bonds. The van der Waals surface area contributed by atoms with Crippen molar-refractivity contribution in [3.05, 3.63) is 35.4 Å². The molecule has 1 N–H and O–H groups in total. The summed E-state index contributed by atoms with van der Waals surface area (Å²) in [6.07, 6.45) is 0.347. The smallest absolute Gasteiger partial charge is 0.356 e. The molecule has 0 spiro atoms. The molecule has 9 nitrogen and oxygen atoms in total. The van der Waals surface area contributed by atoms with Gasteiger partial charge in [0.25, 0.3) is 6.43 Å². The number of aryl methyl sites for hydroxylation is 2. The zero-order valence-electron chi connectivity index (χ0n) is 12.8. The van der Waals surface area contributed by atoms with Gasteiger partial charge in [-0.15, -0.1) is 5.10 Å². The van der Waals surface area contributed by atoms with Crippen LogP contribution in [0, 0.1) is 0 Å². The van der Waals surface area contributed by atoms with Crippen LogP contribution in [0.1, 0.15) is 28.2 Å². The first kappa shape index (κ1) is 15.8. The highest BCUT2D eigenvalue weighted by Crippen LogP contribution is 2.22. The number of nitrogens with zero attached hydrogens (tertiary/aromatic N) is 7. The lowest BCUT2D eigenvalue weighted by atomic mass is 10.2. The van der Waals surface area contributed by atoms with Crippen molar-refractivity contribution in [3.8, 4) is 11.4 Å². The summed E-state index contributed by atoms with van der Waals surface area (Å²) < 4.78 is 30.0. The first-order valence-electron chi connectivity index (χ1n) is 6.83. The Kier molecular flexibility index (Phi) is 3.83. The van der Waals surface area contributed by atoms with Crippen molar-refractivity contribution in [2.24, 2.45) is 14.1 Å². The lowest BCUT2D eigenvalue weighted by Gasteiger charge is -2.00. The van der Waals surface area contributed by atoms with E-state index in [0.29, 0.717) is 17.0 Å². The molecule has 0 unspecified atom stereocenters. The molecule has 126 valence electrons. The van der Waals surface area contributed by atoms with E-state index in [2.05, 4.69) is 20.5 Å². The molecule has 3 aromatic rings. The highest BCUT2D eigenvalue weighted by Gasteiger charge is 2.19. The van der Waals surface area contributed by atoms with Gasteiger partial charge in [-0.2, -0.15) is 10.2 Å². The maximum Gasteiger partial charge on any atom is 0.356 e. The van der Waals surface area contributed by atoms with Gasteiger partial charge in [0.1, 0.15) is 11.4 Å². The lowest BCUT2D eigenvalue weighted by molar-refractivity contribution is 0.0689. The molecule has 3 aromatic heterocycles. The van der Waals surface area contributed by atoms with Crippen LogP contribution in [-0.4, -0.2) is 45.6 Å². The Hall–Kier alpha value is -3.11. The molecule has 0 saturated carbocycles. The first-order valence-corrected chi connectivity index (χ1v) is 6.83. The second-order valence-corrected chi connectivity index (χ2v) is 5.16. The number of alkyl halides is 2. The fourth-order valence-corrected chi connectivity index (χ4v) is 2.34. The summed E-state index contributed by atoms with van der Waals surface area (Å²) >= 11 is 0. The minimum atomic E-state index is -2.68. The summed E-state index contributed by atoms with van der Waals surface area (Å²) in [6, 6.07) is 1.37. The molecule has 0 aliphatic heterocycles. The fourth-order valence-electron chi connectivity index (χ4n) is 2.34. The Morgan fingerprint density at radius 2 is 2.04 bits per heavy atom. The summed E-state index contributed by atoms with van der Waals surface area (Å²) in [6.45, 7) is 0.0736. The second-order valence-electron chi connectivity index (χ2n) is 5.16. The minimum Gasteiger partial charge on any atom is -0.476 e. The predicted octanol–water partition coefficient (Wildman–Crippen LogP) is 1.10. The molecule has 0 atom stereocenters. The van der Waals surface area contributed by atoms with Gasteiger partial charge >= 0.3 is 5.97 Å². The van der Waals surface area contributed by atoms with Gasteiger partial charge < -0.3 is 5.11 Å². The normalized spacial score (nSPS) is 11.4. The molecular formula is C13H13F2N7O2. The van der Waals surface area contributed by atoms with Gasteiger partial charge in [0.2, 0.25) is 0 Å². The molecule has 0 radical (unpaired) electrons. The van der Waals surface area contributed by atoms with E-state index in [4.69, 9.17) is 5.11 Å². The number of carboxylic acids is 1. The number of hydrogen-bond acceptors (Lipinski definition) is 5. The Balaban J connectivity index is 1.88. The molecule has 0 fully saturated rings. The van der Waals surface area contributed by atoms with Gasteiger partial charge in [-0.25, -0.2) is 18.3 Å². The molecule has 11 heteroatoms. The Morgan fingerprint density at radius 1 is 1.29 bits per heavy atom. The molecule has 3 rings (SSSR count). The highest BCUT2D eigenvalue weighted by molar-refractivity contribution is 5.86. The highest BCUT2D eigenvalue weighted by atomic mass is 19.3. The zero-order valence-corrected chi connectivity index (χ0v) is 12.8. The third-order valence-electron chi connectivity index (χ3n) is 3.38. The van der Waals surface area contributed by atoms with Gasteiger partial charge in [0.15, 0.2) is 5.69 Å². The number of aromatic carboxylic acids is 1. The van der Waals surface area contributed by atoms with E-state index in [0.717, 1.165) is 0 Å². The lowest BCUT2D eigenvalue weighted by Crippen LogP contribution is -2.02. The fraction of sp³-hybridized carbons (Fsp3) is 0.308. The van der Waals surface area contributed by atoms with Gasteiger partial charge in [-0.05, 0) is 0 Å². The van der Waals surface area contributed by atoms with Gasteiger partial charge in [-0.3, -0.25) is 9.36 Å². The van der Waals surface area contributed by atoms with Gasteiger partial charge in [0.05, 0.1) is 18.4 Å². The number of aromatic nitrogens is 7. The van der Waals surface area contributed by atoms with E-state index in [1.807, 2.05) is 0 Å². The van der Waals surface area contributed by atoms with E-state index in [-0.39, 0.29) is 17.9 Å². The van der Waals surface area contributed by atoms with E-state index in [9.17, 15) is 13.6 Å². The van der Waals surface area contributed by atoms with Crippen molar-refractivity contribution in [2.45, 2.75) is 13.0 Å². The van der Waals surface area contributed by atoms with Crippen LogP contribution in [0.15, 0.2) is 18.5 Å². The van der Waals surface area contributed by atoms with Crippen LogP contribution in [-0.2, 0) is 20.6 Å². The number of hydrogen-bond donors (Lipinski definition) is 1. The monoisotopic (exact) mass is 337 g/mol. The van der Waals surface area contributed by atoms with Gasteiger partial charge in [-0.1, -0.05) is 5.21 Å². The Labute approximate surface area is 134 Å². The van der Waals surface area contributed by atoms with Crippen molar-refractivity contribution in [3.63, 3.8) is 0 Å². The molecule has 0 aromatic carbocycles. The maximum atomic E-state index is 13.0. The van der Waals surface area contributed by atoms with Crippen LogP contribution >= 0.6 is 0 Å². The van der Waals surface area contributed by atoms with E-state index in [1.165, 1.54) is 32.5 Å². The first-order chi connectivity index (χ1) is 11.3. The summed E-state index contributed by atoms with van der Waals surface area (Å²) in [7, 11) is 3.14. The summed E-state index contributed by atoms with van der Waals surface area (Å²) in [5, 5.41) is 24.4. The van der Waals surface area contributed by atoms with Crippen LogP contribution in [0.3, 0.4) is 0 Å². The quantitative estimate of drug-likeness (QED) is 0.747. The van der Waals surface area contributed by atoms with E-state index >= 15 is 0 Å². The van der Waals surface area contributed by atoms with Gasteiger partial charge in [0, 0.05) is 31.9 Å². The molecule has 0 aliphatic carbocycles. The van der Waals surface area contributed by atoms with Crippen molar-refractivity contribution >= 4 is 5.97 Å². The number of rotatable bonds is 5. The summed E-state index contributed by atoms with van der Waals surface area (Å²) in [4.78, 5) is 11.0. The van der Waals surface area contributed by atoms with Crippen molar-refractivity contribution in [1.29, 1.82) is 0 Å². The summed E-state index contributed by atoms with van der Waals surface area (Å²) in [5.41, 5.74) is 0.761. The van der Waals surface area contributed by atoms with Crippen LogP contribution in [0.2, 0.25) is 0 Å². The maximum absolute atomic E-state index is 13.0. The third kappa shape index (κ3) is 2.87. The van der Waals surface area contributed by atoms with Crippen LogP contribution < -0.4 is 0 Å². The standard InChI is InChI=1S/C13H13F2N7O2/c1-20-4-7(11(18-20)12(14)15)5-22-6-9(16-19-22)10-3-8(13(23)24)17-21(10)2/h3-4,6,12H,5H2,1-2H3,(H,23,24). The topological polar surface area (TPSA) is 104 Å². The van der Waals surface area contributed by atoms with Crippen molar-refractivity contribution in [1.82, 2.24) is 34.6 Å². The predicted molar refractivity (Wildman–Crippen MR) is 76.5 cm³/mol. The Morgan fingerprint density at radius 3 is 2.67 bits per heavy atom. The Bertz CT molecular complexity index is 896. The molecule has 3 heterocycles. The minimum absolute atomic E-state index is 0.0736. The summed E-state index contributed by atoms with van der Waals surface area (Å²) in [5.74, 6) is -1.15. The molecule has 0 bridgehead atoms. The molecule has 0 saturated heterocycles. The molecule has 24 heavy (non-hydrogen) atoms. The van der Waals surface area contributed by atoms with Crippen molar-refractivity contribution in [2.75, 3.05) is 0 Å². The van der Waals surface area contributed by atoms with Crippen LogP contribution in [0.25, 0.3) is 11.4 Å². The number of carboxylic acid groups (broad SMARTS) is 1. The molecular weight excluding hydrogens is 324 g/mol. The average molecular weight is 337 g/mol.